The van der Waals surface area contributed by atoms with E-state index in [1.165, 1.54) is 7.11 Å². The van der Waals surface area contributed by atoms with Crippen LogP contribution in [0, 0.1) is 5.92 Å². The molecule has 0 saturated carbocycles. The molecule has 5 heteroatoms. The van der Waals surface area contributed by atoms with E-state index in [-0.39, 0.29) is 24.6 Å². The second-order valence-electron chi connectivity index (χ2n) is 9.06. The van der Waals surface area contributed by atoms with Gasteiger partial charge < -0.3 is 18.9 Å². The smallest absolute Gasteiger partial charge is 0.310 e. The van der Waals surface area contributed by atoms with Gasteiger partial charge in [-0.2, -0.15) is 0 Å². The van der Waals surface area contributed by atoms with E-state index in [0.717, 1.165) is 39.3 Å². The first-order chi connectivity index (χ1) is 17.7. The van der Waals surface area contributed by atoms with Crippen LogP contribution in [0.1, 0.15) is 39.7 Å². The standard InChI is InChI=1S/C31H26O5/c1-33-31(32)30-28(21-15-16-26-27(17-21)36-19-35-26)22-11-5-6-12-23(22)29(30)24-13-7-8-14-25(24)34-18-20-9-3-2-4-10-20/h2-17,28-30H,18-19H2,1H3. The van der Waals surface area contributed by atoms with E-state index in [2.05, 4.69) is 18.2 Å². The van der Waals surface area contributed by atoms with Crippen molar-refractivity contribution in [2.45, 2.75) is 18.4 Å². The van der Waals surface area contributed by atoms with Crippen molar-refractivity contribution in [3.8, 4) is 17.2 Å². The van der Waals surface area contributed by atoms with Gasteiger partial charge in [-0.1, -0.05) is 78.9 Å². The number of carbonyl (C=O) groups excluding carboxylic acids is 1. The number of benzene rings is 4. The number of carbonyl (C=O) groups is 1. The number of fused-ring (bicyclic) bond motifs is 2. The van der Waals surface area contributed by atoms with Gasteiger partial charge in [-0.05, 0) is 40.5 Å². The molecule has 0 spiro atoms. The molecule has 0 bridgehead atoms. The maximum atomic E-state index is 13.5. The van der Waals surface area contributed by atoms with Crippen molar-refractivity contribution in [3.05, 3.63) is 125 Å². The van der Waals surface area contributed by atoms with Crippen molar-refractivity contribution in [3.63, 3.8) is 0 Å². The molecule has 0 amide bonds. The van der Waals surface area contributed by atoms with Gasteiger partial charge >= 0.3 is 5.97 Å². The number of rotatable bonds is 6. The molecule has 4 aromatic rings. The maximum absolute atomic E-state index is 13.5. The highest BCUT2D eigenvalue weighted by Gasteiger charge is 2.48. The molecule has 0 fully saturated rings. The van der Waals surface area contributed by atoms with Crippen LogP contribution in [0.15, 0.2) is 97.1 Å². The van der Waals surface area contributed by atoms with Crippen LogP contribution in [-0.2, 0) is 16.1 Å². The number of para-hydroxylation sites is 1. The summed E-state index contributed by atoms with van der Waals surface area (Å²) in [4.78, 5) is 13.5. The Labute approximate surface area is 210 Å². The van der Waals surface area contributed by atoms with Crippen molar-refractivity contribution in [1.82, 2.24) is 0 Å². The van der Waals surface area contributed by atoms with Crippen molar-refractivity contribution in [1.29, 1.82) is 0 Å². The molecule has 4 aromatic carbocycles. The summed E-state index contributed by atoms with van der Waals surface area (Å²) in [7, 11) is 1.46. The van der Waals surface area contributed by atoms with Crippen LogP contribution >= 0.6 is 0 Å². The van der Waals surface area contributed by atoms with E-state index in [1.54, 1.807) is 0 Å². The van der Waals surface area contributed by atoms with Gasteiger partial charge in [-0.3, -0.25) is 4.79 Å². The molecular formula is C31H26O5. The third-order valence-corrected chi connectivity index (χ3v) is 7.10. The number of esters is 1. The first-order valence-electron chi connectivity index (χ1n) is 12.1. The zero-order valence-electron chi connectivity index (χ0n) is 19.9. The Kier molecular flexibility index (Phi) is 5.82. The predicted molar refractivity (Wildman–Crippen MR) is 135 cm³/mol. The van der Waals surface area contributed by atoms with Crippen LogP contribution in [0.4, 0.5) is 0 Å². The van der Waals surface area contributed by atoms with Crippen LogP contribution in [0.5, 0.6) is 17.2 Å². The van der Waals surface area contributed by atoms with Crippen molar-refractivity contribution < 1.29 is 23.7 Å². The van der Waals surface area contributed by atoms with Gasteiger partial charge in [0.2, 0.25) is 6.79 Å². The van der Waals surface area contributed by atoms with Gasteiger partial charge in [-0.15, -0.1) is 0 Å². The summed E-state index contributed by atoms with van der Waals surface area (Å²) in [5, 5.41) is 0. The lowest BCUT2D eigenvalue weighted by atomic mass is 9.79. The van der Waals surface area contributed by atoms with E-state index < -0.39 is 5.92 Å². The summed E-state index contributed by atoms with van der Waals surface area (Å²) in [6.45, 7) is 0.649. The predicted octanol–water partition coefficient (Wildman–Crippen LogP) is 6.06. The van der Waals surface area contributed by atoms with Gasteiger partial charge in [0.05, 0.1) is 13.0 Å². The number of ether oxygens (including phenoxy) is 4. The number of methoxy groups -OCH3 is 1. The first-order valence-corrected chi connectivity index (χ1v) is 12.1. The lowest BCUT2D eigenvalue weighted by Gasteiger charge is -2.25. The molecule has 3 unspecified atom stereocenters. The minimum atomic E-state index is -0.464. The summed E-state index contributed by atoms with van der Waals surface area (Å²) >= 11 is 0. The number of hydrogen-bond donors (Lipinski definition) is 0. The summed E-state index contributed by atoms with van der Waals surface area (Å²) in [6.07, 6.45) is 0. The Morgan fingerprint density at radius 1 is 0.778 bits per heavy atom. The molecule has 2 aliphatic rings. The normalized spacial score (nSPS) is 19.5. The van der Waals surface area contributed by atoms with Crippen LogP contribution in [-0.4, -0.2) is 19.9 Å². The monoisotopic (exact) mass is 478 g/mol. The van der Waals surface area contributed by atoms with Gasteiger partial charge in [0.15, 0.2) is 11.5 Å². The zero-order chi connectivity index (χ0) is 24.5. The van der Waals surface area contributed by atoms with E-state index >= 15 is 0 Å². The second kappa shape index (κ2) is 9.42. The maximum Gasteiger partial charge on any atom is 0.310 e. The summed E-state index contributed by atoms with van der Waals surface area (Å²) < 4.78 is 22.9. The molecule has 1 aliphatic heterocycles. The molecule has 0 radical (unpaired) electrons. The van der Waals surface area contributed by atoms with Gasteiger partial charge in [0.25, 0.3) is 0 Å². The molecule has 6 rings (SSSR count). The average Bonchev–Trinajstić information content (AvgIpc) is 3.54. The molecule has 1 heterocycles. The SMILES string of the molecule is COC(=O)C1C(c2ccc3c(c2)OCO3)c2ccccc2C1c1ccccc1OCc1ccccc1. The minimum Gasteiger partial charge on any atom is -0.489 e. The zero-order valence-corrected chi connectivity index (χ0v) is 19.9. The molecule has 180 valence electrons. The third-order valence-electron chi connectivity index (χ3n) is 7.10. The molecular weight excluding hydrogens is 452 g/mol. The van der Waals surface area contributed by atoms with Crippen LogP contribution in [0.3, 0.4) is 0 Å². The van der Waals surface area contributed by atoms with Gasteiger partial charge in [0, 0.05) is 17.4 Å². The quantitative estimate of drug-likeness (QED) is 0.315. The Bertz CT molecular complexity index is 1400. The Hall–Kier alpha value is -4.25. The Morgan fingerprint density at radius 2 is 1.44 bits per heavy atom. The summed E-state index contributed by atoms with van der Waals surface area (Å²) in [5.74, 6) is 1.04. The molecule has 3 atom stereocenters. The third kappa shape index (κ3) is 3.87. The van der Waals surface area contributed by atoms with Crippen molar-refractivity contribution in [2.24, 2.45) is 5.92 Å². The second-order valence-corrected chi connectivity index (χ2v) is 9.06. The Morgan fingerprint density at radius 3 is 2.22 bits per heavy atom. The highest BCUT2D eigenvalue weighted by atomic mass is 16.7. The van der Waals surface area contributed by atoms with Crippen LogP contribution in [0.2, 0.25) is 0 Å². The molecule has 0 N–H and O–H groups in total. The lowest BCUT2D eigenvalue weighted by Crippen LogP contribution is -2.25. The van der Waals surface area contributed by atoms with Crippen molar-refractivity contribution >= 4 is 5.97 Å². The highest BCUT2D eigenvalue weighted by molar-refractivity contribution is 5.80. The molecule has 5 nitrogen and oxygen atoms in total. The summed E-state index contributed by atoms with van der Waals surface area (Å²) in [5.41, 5.74) is 5.26. The molecule has 36 heavy (non-hydrogen) atoms. The average molecular weight is 479 g/mol. The fraction of sp³-hybridized carbons (Fsp3) is 0.194. The highest BCUT2D eigenvalue weighted by Crippen LogP contribution is 2.55. The van der Waals surface area contributed by atoms with E-state index in [9.17, 15) is 4.79 Å². The lowest BCUT2D eigenvalue weighted by molar-refractivity contribution is -0.146. The topological polar surface area (TPSA) is 54.0 Å². The van der Waals surface area contributed by atoms with Crippen molar-refractivity contribution in [2.75, 3.05) is 13.9 Å². The Balaban J connectivity index is 1.45. The van der Waals surface area contributed by atoms with E-state index in [1.807, 2.05) is 78.9 Å². The van der Waals surface area contributed by atoms with E-state index in [0.29, 0.717) is 12.4 Å². The van der Waals surface area contributed by atoms with Crippen LogP contribution < -0.4 is 14.2 Å². The molecule has 0 aromatic heterocycles. The van der Waals surface area contributed by atoms with E-state index in [4.69, 9.17) is 18.9 Å². The van der Waals surface area contributed by atoms with Gasteiger partial charge in [-0.25, -0.2) is 0 Å². The summed E-state index contributed by atoms with van der Waals surface area (Å²) in [6, 6.07) is 32.2. The fourth-order valence-corrected chi connectivity index (χ4v) is 5.52. The minimum absolute atomic E-state index is 0.199. The first kappa shape index (κ1) is 22.2. The fourth-order valence-electron chi connectivity index (χ4n) is 5.52. The van der Waals surface area contributed by atoms with Gasteiger partial charge in [0.1, 0.15) is 12.4 Å². The molecule has 0 saturated heterocycles. The van der Waals surface area contributed by atoms with Crippen LogP contribution in [0.25, 0.3) is 0 Å². The molecule has 1 aliphatic carbocycles. The largest absolute Gasteiger partial charge is 0.489 e. The number of hydrogen-bond acceptors (Lipinski definition) is 5.